The van der Waals surface area contributed by atoms with Gasteiger partial charge in [0.25, 0.3) is 0 Å². The first-order valence-corrected chi connectivity index (χ1v) is 10.9. The van der Waals surface area contributed by atoms with Crippen LogP contribution in [0.4, 0.5) is 0 Å². The van der Waals surface area contributed by atoms with Crippen molar-refractivity contribution in [3.63, 3.8) is 0 Å². The number of tetrazole rings is 1. The van der Waals surface area contributed by atoms with Gasteiger partial charge in [-0.05, 0) is 34.2 Å². The number of carboxylic acid groups (broad SMARTS) is 1. The number of carbonyl (C=O) groups excluding carboxylic acids is 1. The van der Waals surface area contributed by atoms with Gasteiger partial charge >= 0.3 is 43.7 Å². The predicted octanol–water partition coefficient (Wildman–Crippen LogP) is 4.01. The molecule has 2 N–H and O–H groups in total. The second kappa shape index (κ2) is 12.8. The van der Waals surface area contributed by atoms with Crippen LogP contribution in [0.5, 0.6) is 0 Å². The van der Waals surface area contributed by atoms with Crippen molar-refractivity contribution < 1.29 is 17.5 Å². The van der Waals surface area contributed by atoms with Crippen molar-refractivity contribution in [1.29, 1.82) is 0 Å². The van der Waals surface area contributed by atoms with Gasteiger partial charge < -0.3 is 12.9 Å². The van der Waals surface area contributed by atoms with Crippen LogP contribution in [0.15, 0.2) is 48.5 Å². The van der Waals surface area contributed by atoms with Gasteiger partial charge in [-0.25, -0.2) is 4.79 Å². The first-order valence-electron chi connectivity index (χ1n) is 10.9. The Kier molecular flexibility index (Phi) is 10.5. The normalized spacial score (nSPS) is 11.6. The first-order chi connectivity index (χ1) is 15.4. The average molecular weight is 478 g/mol. The van der Waals surface area contributed by atoms with E-state index in [0.29, 0.717) is 12.2 Å². The van der Waals surface area contributed by atoms with Crippen LogP contribution in [0.25, 0.3) is 22.5 Å². The molecule has 0 aliphatic heterocycles. The molecule has 0 fully saturated rings. The van der Waals surface area contributed by atoms with Crippen LogP contribution in [0.2, 0.25) is 0 Å². The second-order valence-electron chi connectivity index (χ2n) is 8.13. The number of nitrogens with zero attached hydrogens (tertiary/aromatic N) is 4. The first kappa shape index (κ1) is 27.0. The molecule has 0 radical (unpaired) electrons. The Bertz CT molecular complexity index is 1050. The molecule has 0 saturated heterocycles. The van der Waals surface area contributed by atoms with E-state index in [4.69, 9.17) is 0 Å². The molecule has 172 valence electrons. The van der Waals surface area contributed by atoms with E-state index in [1.54, 1.807) is 0 Å². The summed E-state index contributed by atoms with van der Waals surface area (Å²) in [5, 5.41) is 24.0. The van der Waals surface area contributed by atoms with Crippen molar-refractivity contribution in [2.45, 2.75) is 52.6 Å². The van der Waals surface area contributed by atoms with Gasteiger partial charge in [-0.1, -0.05) is 75.7 Å². The van der Waals surface area contributed by atoms with Crippen molar-refractivity contribution in [1.82, 2.24) is 25.5 Å². The number of nitrogens with one attached hydrogen (secondary N) is 1. The molecule has 0 saturated carbocycles. The smallest absolute Gasteiger partial charge is 1.00 e. The summed E-state index contributed by atoms with van der Waals surface area (Å²) >= 11 is 0. The van der Waals surface area contributed by atoms with Gasteiger partial charge in [0, 0.05) is 18.5 Å². The van der Waals surface area contributed by atoms with Crippen LogP contribution in [0, 0.1) is 5.92 Å². The van der Waals surface area contributed by atoms with E-state index in [1.807, 2.05) is 69.3 Å². The topological polar surface area (TPSA) is 112 Å². The van der Waals surface area contributed by atoms with Crippen LogP contribution in [0.3, 0.4) is 0 Å². The number of carbonyl (C=O) groups is 2. The quantitative estimate of drug-likeness (QED) is 0.427. The Morgan fingerprint density at radius 2 is 1.76 bits per heavy atom. The monoisotopic (exact) mass is 477 g/mol. The SMILES string of the molecule is CCCCC(=O)N(Cc1ccc(-c2ccccc2-c2nn[nH]n2)cc1)[C@H](C(=O)O)C(C)C.[Ca+2].[H-].[H-]. The number of aliphatic carboxylic acids is 1. The Hall–Kier alpha value is -2.29. The fourth-order valence-electron chi connectivity index (χ4n) is 3.78. The summed E-state index contributed by atoms with van der Waals surface area (Å²) in [5.74, 6) is -0.784. The minimum atomic E-state index is -0.976. The molecule has 1 amide bonds. The second-order valence-corrected chi connectivity index (χ2v) is 8.13. The minimum absolute atomic E-state index is 0. The number of hydrogen-bond acceptors (Lipinski definition) is 5. The maximum Gasteiger partial charge on any atom is 2.00 e. The summed E-state index contributed by atoms with van der Waals surface area (Å²) in [5.41, 5.74) is 3.66. The molecule has 3 rings (SSSR count). The van der Waals surface area contributed by atoms with Crippen molar-refractivity contribution in [2.24, 2.45) is 5.92 Å². The van der Waals surface area contributed by atoms with E-state index >= 15 is 0 Å². The van der Waals surface area contributed by atoms with Crippen LogP contribution >= 0.6 is 0 Å². The number of amides is 1. The van der Waals surface area contributed by atoms with Gasteiger partial charge in [-0.3, -0.25) is 4.79 Å². The third-order valence-corrected chi connectivity index (χ3v) is 5.42. The van der Waals surface area contributed by atoms with E-state index in [2.05, 4.69) is 20.6 Å². The molecule has 1 aromatic heterocycles. The van der Waals surface area contributed by atoms with Crippen LogP contribution in [0.1, 0.15) is 48.5 Å². The number of carboxylic acids is 1. The summed E-state index contributed by atoms with van der Waals surface area (Å²) in [6, 6.07) is 14.7. The molecule has 1 atom stereocenters. The fraction of sp³-hybridized carbons (Fsp3) is 0.375. The number of hydrogen-bond donors (Lipinski definition) is 2. The summed E-state index contributed by atoms with van der Waals surface area (Å²) in [6.45, 7) is 5.93. The Balaban J connectivity index is 0.00000385. The van der Waals surface area contributed by atoms with Crippen molar-refractivity contribution in [3.8, 4) is 22.5 Å². The van der Waals surface area contributed by atoms with Gasteiger partial charge in [-0.15, -0.1) is 10.2 Å². The van der Waals surface area contributed by atoms with Crippen molar-refractivity contribution >= 4 is 49.6 Å². The van der Waals surface area contributed by atoms with Gasteiger partial charge in [0.2, 0.25) is 11.7 Å². The maximum atomic E-state index is 12.9. The number of aromatic nitrogens is 4. The average Bonchev–Trinajstić information content (AvgIpc) is 3.32. The van der Waals surface area contributed by atoms with Crippen LogP contribution < -0.4 is 0 Å². The molecule has 1 heterocycles. The standard InChI is InChI=1S/C24H29N5O3.Ca.2H/c1-4-5-10-21(30)29(22(16(2)3)24(31)32)15-17-11-13-18(14-12-17)19-8-6-7-9-20(19)23-25-27-28-26-23;;;/h6-9,11-14,16,22H,4-5,10,15H2,1-3H3,(H,31,32)(H,25,26,27,28);;;/q;+2;2*-1/t22-;;;/m0.../s1. The molecule has 0 bridgehead atoms. The Morgan fingerprint density at radius 1 is 1.09 bits per heavy atom. The summed E-state index contributed by atoms with van der Waals surface area (Å²) < 4.78 is 0. The molecule has 9 heteroatoms. The third-order valence-electron chi connectivity index (χ3n) is 5.42. The van der Waals surface area contributed by atoms with Gasteiger partial charge in [0.15, 0.2) is 0 Å². The molecule has 8 nitrogen and oxygen atoms in total. The molecule has 0 aliphatic rings. The zero-order chi connectivity index (χ0) is 23.1. The maximum absolute atomic E-state index is 12.9. The summed E-state index contributed by atoms with van der Waals surface area (Å²) in [6.07, 6.45) is 1.97. The van der Waals surface area contributed by atoms with Gasteiger partial charge in [-0.2, -0.15) is 5.21 Å². The summed E-state index contributed by atoms with van der Waals surface area (Å²) in [4.78, 5) is 26.3. The van der Waals surface area contributed by atoms with Gasteiger partial charge in [0.05, 0.1) is 0 Å². The van der Waals surface area contributed by atoms with Crippen LogP contribution in [-0.4, -0.2) is 86.3 Å². The molecule has 33 heavy (non-hydrogen) atoms. The van der Waals surface area contributed by atoms with E-state index < -0.39 is 12.0 Å². The molecular formula is C24H31CaN5O3. The summed E-state index contributed by atoms with van der Waals surface area (Å²) in [7, 11) is 0. The molecular weight excluding hydrogens is 446 g/mol. The number of aromatic amines is 1. The minimum Gasteiger partial charge on any atom is -1.00 e. The number of benzene rings is 2. The predicted molar refractivity (Wildman–Crippen MR) is 129 cm³/mol. The number of unbranched alkanes of at least 4 members (excludes halogenated alkanes) is 1. The number of H-pyrrole nitrogens is 1. The largest absolute Gasteiger partial charge is 2.00 e. The van der Waals surface area contributed by atoms with E-state index in [0.717, 1.165) is 35.1 Å². The Labute approximate surface area is 226 Å². The zero-order valence-electron chi connectivity index (χ0n) is 21.4. The van der Waals surface area contributed by atoms with Crippen molar-refractivity contribution in [2.75, 3.05) is 0 Å². The molecule has 2 aromatic carbocycles. The van der Waals surface area contributed by atoms with E-state index in [1.165, 1.54) is 4.90 Å². The fourth-order valence-corrected chi connectivity index (χ4v) is 3.78. The molecule has 0 unspecified atom stereocenters. The zero-order valence-corrected chi connectivity index (χ0v) is 21.6. The van der Waals surface area contributed by atoms with Crippen LogP contribution in [-0.2, 0) is 16.1 Å². The van der Waals surface area contributed by atoms with Crippen molar-refractivity contribution in [3.05, 3.63) is 54.1 Å². The molecule has 0 spiro atoms. The molecule has 3 aromatic rings. The Morgan fingerprint density at radius 3 is 2.30 bits per heavy atom. The van der Waals surface area contributed by atoms with E-state index in [9.17, 15) is 14.7 Å². The number of rotatable bonds is 10. The van der Waals surface area contributed by atoms with Gasteiger partial charge in [0.1, 0.15) is 6.04 Å². The third kappa shape index (κ3) is 6.85. The molecule has 0 aliphatic carbocycles. The van der Waals surface area contributed by atoms with E-state index in [-0.39, 0.29) is 59.0 Å².